The molecule has 1 saturated carbocycles. The van der Waals surface area contributed by atoms with Gasteiger partial charge in [0.05, 0.1) is 18.2 Å². The van der Waals surface area contributed by atoms with Crippen molar-refractivity contribution in [1.29, 1.82) is 5.26 Å². The molecule has 2 aliphatic heterocycles. The third-order valence-corrected chi connectivity index (χ3v) is 9.54. The van der Waals surface area contributed by atoms with E-state index in [0.717, 1.165) is 50.2 Å². The van der Waals surface area contributed by atoms with E-state index >= 15 is 4.39 Å². The van der Waals surface area contributed by atoms with Gasteiger partial charge in [-0.25, -0.2) is 23.5 Å². The van der Waals surface area contributed by atoms with Crippen LogP contribution in [0.3, 0.4) is 0 Å². The van der Waals surface area contributed by atoms with Crippen LogP contribution in [0.1, 0.15) is 77.1 Å². The first kappa shape index (κ1) is 29.4. The molecule has 3 aliphatic rings. The molecule has 2 aromatic carbocycles. The van der Waals surface area contributed by atoms with Gasteiger partial charge in [-0.15, -0.1) is 0 Å². The van der Waals surface area contributed by atoms with Gasteiger partial charge >= 0.3 is 5.97 Å². The third-order valence-electron chi connectivity index (χ3n) is 9.30. The van der Waals surface area contributed by atoms with Crippen LogP contribution in [-0.4, -0.2) is 43.6 Å². The minimum Gasteiger partial charge on any atom is -0.480 e. The fraction of sp³-hybridized carbons (Fsp3) is 0.353. The lowest BCUT2D eigenvalue weighted by Crippen LogP contribution is -2.34. The fourth-order valence-electron chi connectivity index (χ4n) is 6.59. The van der Waals surface area contributed by atoms with E-state index < -0.39 is 23.7 Å². The molecule has 230 valence electrons. The van der Waals surface area contributed by atoms with Crippen molar-refractivity contribution >= 4 is 34.6 Å². The molecule has 4 aromatic rings. The first-order valence-electron chi connectivity index (χ1n) is 15.0. The number of nitrogens with zero attached hydrogens (tertiary/aromatic N) is 5. The highest BCUT2D eigenvalue weighted by molar-refractivity contribution is 6.30. The quantitative estimate of drug-likeness (QED) is 0.216. The van der Waals surface area contributed by atoms with E-state index in [4.69, 9.17) is 21.3 Å². The number of likely N-dealkylation sites (tertiary alicyclic amines) is 1. The predicted molar refractivity (Wildman–Crippen MR) is 164 cm³/mol. The summed E-state index contributed by atoms with van der Waals surface area (Å²) in [7, 11) is 0. The summed E-state index contributed by atoms with van der Waals surface area (Å²) in [6.07, 6.45) is 4.29. The molecule has 1 aliphatic carbocycles. The van der Waals surface area contributed by atoms with Gasteiger partial charge in [0.2, 0.25) is 0 Å². The number of benzene rings is 2. The first-order valence-corrected chi connectivity index (χ1v) is 15.4. The number of nitriles is 1. The van der Waals surface area contributed by atoms with E-state index in [-0.39, 0.29) is 27.6 Å². The van der Waals surface area contributed by atoms with Gasteiger partial charge in [-0.2, -0.15) is 5.26 Å². The van der Waals surface area contributed by atoms with Crippen LogP contribution in [0.15, 0.2) is 54.6 Å². The van der Waals surface area contributed by atoms with E-state index in [1.807, 2.05) is 16.7 Å². The Hall–Kier alpha value is -4.33. The average Bonchev–Trinajstić information content (AvgIpc) is 3.70. The van der Waals surface area contributed by atoms with Crippen molar-refractivity contribution in [2.24, 2.45) is 5.41 Å². The van der Waals surface area contributed by atoms with Gasteiger partial charge in [-0.3, -0.25) is 4.90 Å². The highest BCUT2D eigenvalue weighted by atomic mass is 35.5. The standard InChI is InChI=1S/C34H30ClF2N5O3/c35-21-4-5-23(25(36)16-21)29-17-26(37)24-3-1-2-22(31(24)45-29)20-8-14-41(15-9-20)18-30-39-27-6-7-28(33(43)44)40-32(27)42(30)19-34(10-11-34)12-13-38/h1-7,16-17,20,29H,8-12,14-15,18-19H2,(H,43,44)/t29-/m0/s1. The number of aromatic carboxylic acids is 1. The van der Waals surface area contributed by atoms with Crippen LogP contribution in [-0.2, 0) is 13.1 Å². The molecule has 2 fully saturated rings. The smallest absolute Gasteiger partial charge is 0.354 e. The maximum Gasteiger partial charge on any atom is 0.354 e. The molecular weight excluding hydrogens is 600 g/mol. The molecule has 7 rings (SSSR count). The molecular formula is C34H30ClF2N5O3. The first-order chi connectivity index (χ1) is 21.7. The molecule has 1 atom stereocenters. The number of piperidine rings is 1. The van der Waals surface area contributed by atoms with Crippen molar-refractivity contribution < 1.29 is 23.4 Å². The monoisotopic (exact) mass is 629 g/mol. The summed E-state index contributed by atoms with van der Waals surface area (Å²) < 4.78 is 38.3. The largest absolute Gasteiger partial charge is 0.480 e. The van der Waals surface area contributed by atoms with Gasteiger partial charge in [-0.1, -0.05) is 29.8 Å². The maximum absolute atomic E-state index is 15.3. The van der Waals surface area contributed by atoms with Crippen LogP contribution >= 0.6 is 11.6 Å². The summed E-state index contributed by atoms with van der Waals surface area (Å²) >= 11 is 5.93. The van der Waals surface area contributed by atoms with Crippen molar-refractivity contribution in [2.75, 3.05) is 13.1 Å². The molecule has 8 nitrogen and oxygen atoms in total. The summed E-state index contributed by atoms with van der Waals surface area (Å²) in [5.74, 6) is -0.738. The van der Waals surface area contributed by atoms with Gasteiger partial charge in [-0.05, 0) is 86.7 Å². The molecule has 45 heavy (non-hydrogen) atoms. The third kappa shape index (κ3) is 5.67. The van der Waals surface area contributed by atoms with Crippen LogP contribution in [0.2, 0.25) is 5.02 Å². The molecule has 0 radical (unpaired) electrons. The lowest BCUT2D eigenvalue weighted by atomic mass is 9.86. The Morgan fingerprint density at radius 2 is 1.91 bits per heavy atom. The summed E-state index contributed by atoms with van der Waals surface area (Å²) in [5, 5.41) is 19.2. The average molecular weight is 630 g/mol. The zero-order valence-corrected chi connectivity index (χ0v) is 25.1. The maximum atomic E-state index is 15.3. The second-order valence-corrected chi connectivity index (χ2v) is 12.7. The zero-order valence-electron chi connectivity index (χ0n) is 24.3. The second kappa shape index (κ2) is 11.5. The number of carboxylic acids is 1. The second-order valence-electron chi connectivity index (χ2n) is 12.3. The van der Waals surface area contributed by atoms with Crippen LogP contribution in [0, 0.1) is 22.6 Å². The Labute approximate surface area is 263 Å². The molecule has 1 saturated heterocycles. The molecule has 1 N–H and O–H groups in total. The molecule has 4 heterocycles. The SMILES string of the molecule is N#CCC1(Cn2c(CN3CCC(c4cccc5c4O[C@H](c4ccc(Cl)cc4F)C=C5F)CC3)nc3ccc(C(=O)O)nc32)CC1. The number of fused-ring (bicyclic) bond motifs is 2. The van der Waals surface area contributed by atoms with Gasteiger partial charge in [0.1, 0.15) is 34.8 Å². The van der Waals surface area contributed by atoms with Crippen molar-refractivity contribution in [3.8, 4) is 11.8 Å². The summed E-state index contributed by atoms with van der Waals surface area (Å²) in [6.45, 7) is 2.62. The fourth-order valence-corrected chi connectivity index (χ4v) is 6.75. The van der Waals surface area contributed by atoms with E-state index in [2.05, 4.69) is 16.0 Å². The number of hydrogen-bond donors (Lipinski definition) is 1. The predicted octanol–water partition coefficient (Wildman–Crippen LogP) is 7.44. The zero-order chi connectivity index (χ0) is 31.3. The number of hydrogen-bond acceptors (Lipinski definition) is 6. The van der Waals surface area contributed by atoms with Crippen LogP contribution in [0.25, 0.3) is 17.0 Å². The number of halogens is 3. The number of aromatic nitrogens is 3. The summed E-state index contributed by atoms with van der Waals surface area (Å²) in [6, 6.07) is 15.2. The normalized spacial score (nSPS) is 19.4. The van der Waals surface area contributed by atoms with Gasteiger partial charge < -0.3 is 14.4 Å². The van der Waals surface area contributed by atoms with Gasteiger partial charge in [0, 0.05) is 29.0 Å². The van der Waals surface area contributed by atoms with Crippen molar-refractivity contribution in [1.82, 2.24) is 19.4 Å². The van der Waals surface area contributed by atoms with Crippen LogP contribution in [0.5, 0.6) is 5.75 Å². The van der Waals surface area contributed by atoms with E-state index in [1.54, 1.807) is 18.2 Å². The van der Waals surface area contributed by atoms with E-state index in [1.165, 1.54) is 24.3 Å². The molecule has 0 spiro atoms. The summed E-state index contributed by atoms with van der Waals surface area (Å²) in [5.41, 5.74) is 2.48. The number of pyridine rings is 1. The van der Waals surface area contributed by atoms with Crippen molar-refractivity contribution in [2.45, 2.75) is 57.2 Å². The van der Waals surface area contributed by atoms with Crippen molar-refractivity contribution in [3.63, 3.8) is 0 Å². The summed E-state index contributed by atoms with van der Waals surface area (Å²) in [4.78, 5) is 23.2. The Morgan fingerprint density at radius 1 is 1.11 bits per heavy atom. The van der Waals surface area contributed by atoms with Crippen LogP contribution < -0.4 is 4.74 Å². The van der Waals surface area contributed by atoms with E-state index in [0.29, 0.717) is 42.0 Å². The topological polar surface area (TPSA) is 104 Å². The number of para-hydroxylation sites is 1. The van der Waals surface area contributed by atoms with Crippen molar-refractivity contribution in [3.05, 3.63) is 93.7 Å². The van der Waals surface area contributed by atoms with Crippen LogP contribution in [0.4, 0.5) is 8.78 Å². The number of rotatable bonds is 8. The van der Waals surface area contributed by atoms with Gasteiger partial charge in [0.15, 0.2) is 11.3 Å². The molecule has 0 unspecified atom stereocenters. The number of ether oxygens (including phenoxy) is 1. The van der Waals surface area contributed by atoms with E-state index in [9.17, 15) is 19.6 Å². The number of carboxylic acid groups (broad SMARTS) is 1. The highest BCUT2D eigenvalue weighted by Gasteiger charge is 2.43. The molecule has 2 aromatic heterocycles. The Kier molecular flexibility index (Phi) is 7.54. The minimum absolute atomic E-state index is 0.0399. The highest BCUT2D eigenvalue weighted by Crippen LogP contribution is 2.50. The molecule has 0 bridgehead atoms. The lowest BCUT2D eigenvalue weighted by molar-refractivity contribution is 0.0691. The lowest BCUT2D eigenvalue weighted by Gasteiger charge is -2.34. The molecule has 11 heteroatoms. The Balaban J connectivity index is 1.11. The number of imidazole rings is 1. The molecule has 0 amide bonds. The van der Waals surface area contributed by atoms with Gasteiger partial charge in [0.25, 0.3) is 0 Å². The Morgan fingerprint density at radius 3 is 2.62 bits per heavy atom. The minimum atomic E-state index is -1.10. The number of carbonyl (C=O) groups is 1. The Bertz CT molecular complexity index is 1890.